The zero-order chi connectivity index (χ0) is 14.5. The lowest BCUT2D eigenvalue weighted by atomic mass is 10.3. The quantitative estimate of drug-likeness (QED) is 0.620. The Bertz CT molecular complexity index is 478. The lowest BCUT2D eigenvalue weighted by Gasteiger charge is -2.18. The van der Waals surface area contributed by atoms with Crippen LogP contribution >= 0.6 is 19.3 Å². The molecular formula is C11H15ClNO5P. The molecule has 1 aromatic rings. The lowest BCUT2D eigenvalue weighted by molar-refractivity contribution is -0.144. The third-order valence-corrected chi connectivity index (χ3v) is 3.46. The van der Waals surface area contributed by atoms with Gasteiger partial charge in [0.25, 0.3) is 0 Å². The van der Waals surface area contributed by atoms with Crippen molar-refractivity contribution < 1.29 is 23.5 Å². The topological polar surface area (TPSA) is 84.9 Å². The van der Waals surface area contributed by atoms with Crippen LogP contribution in [-0.2, 0) is 14.1 Å². The normalized spacial score (nSPS) is 15.4. The number of ether oxygens (including phenoxy) is 1. The molecule has 0 aromatic heterocycles. The average molecular weight is 308 g/mol. The van der Waals surface area contributed by atoms with E-state index in [2.05, 4.69) is 5.09 Å². The zero-order valence-electron chi connectivity index (χ0n) is 10.5. The van der Waals surface area contributed by atoms with Crippen molar-refractivity contribution in [2.75, 3.05) is 6.61 Å². The van der Waals surface area contributed by atoms with Crippen LogP contribution in [0.1, 0.15) is 13.8 Å². The van der Waals surface area contributed by atoms with E-state index in [1.165, 1.54) is 31.2 Å². The molecule has 0 aliphatic heterocycles. The van der Waals surface area contributed by atoms with Gasteiger partial charge < -0.3 is 14.2 Å². The molecule has 0 amide bonds. The van der Waals surface area contributed by atoms with Crippen LogP contribution < -0.4 is 9.61 Å². The molecule has 0 radical (unpaired) electrons. The molecule has 0 aliphatic carbocycles. The van der Waals surface area contributed by atoms with E-state index in [-0.39, 0.29) is 12.4 Å². The van der Waals surface area contributed by atoms with Crippen molar-refractivity contribution in [1.82, 2.24) is 5.09 Å². The summed E-state index contributed by atoms with van der Waals surface area (Å²) in [6.07, 6.45) is 0. The van der Waals surface area contributed by atoms with Crippen molar-refractivity contribution in [3.8, 4) is 5.75 Å². The molecule has 106 valence electrons. The minimum Gasteiger partial charge on any atom is -0.465 e. The Morgan fingerprint density at radius 3 is 2.58 bits per heavy atom. The number of carbonyl (C=O) groups is 1. The summed E-state index contributed by atoms with van der Waals surface area (Å²) < 4.78 is 21.4. The van der Waals surface area contributed by atoms with Gasteiger partial charge in [0.1, 0.15) is 11.8 Å². The van der Waals surface area contributed by atoms with Gasteiger partial charge in [-0.25, -0.2) is 4.57 Å². The molecule has 0 aliphatic rings. The van der Waals surface area contributed by atoms with Crippen LogP contribution in [0, 0.1) is 0 Å². The van der Waals surface area contributed by atoms with E-state index in [0.717, 1.165) is 0 Å². The highest BCUT2D eigenvalue weighted by atomic mass is 35.5. The molecule has 0 heterocycles. The first-order chi connectivity index (χ1) is 8.84. The molecule has 0 spiro atoms. The standard InChI is InChI=1S/C11H15ClNO5P/c1-3-17-11(14)8(2)13-19(15,16)18-10-6-4-9(12)5-7-10/h4-8H,3H2,1-2H3,(H2,13,15,16). The first-order valence-electron chi connectivity index (χ1n) is 5.56. The highest BCUT2D eigenvalue weighted by Gasteiger charge is 2.27. The summed E-state index contributed by atoms with van der Waals surface area (Å²) >= 11 is 5.68. The minimum atomic E-state index is -4.16. The summed E-state index contributed by atoms with van der Waals surface area (Å²) in [6.45, 7) is 3.25. The fourth-order valence-electron chi connectivity index (χ4n) is 1.23. The maximum Gasteiger partial charge on any atom is 0.456 e. The van der Waals surface area contributed by atoms with Crippen LogP contribution in [0.4, 0.5) is 0 Å². The van der Waals surface area contributed by atoms with Crippen LogP contribution in [0.3, 0.4) is 0 Å². The number of esters is 1. The highest BCUT2D eigenvalue weighted by Crippen LogP contribution is 2.39. The Labute approximate surface area is 116 Å². The highest BCUT2D eigenvalue weighted by molar-refractivity contribution is 7.51. The molecule has 8 heteroatoms. The van der Waals surface area contributed by atoms with Gasteiger partial charge in [-0.15, -0.1) is 0 Å². The molecule has 2 atom stereocenters. The Balaban J connectivity index is 2.63. The number of carbonyl (C=O) groups excluding carboxylic acids is 1. The maximum atomic E-state index is 11.8. The summed E-state index contributed by atoms with van der Waals surface area (Å²) in [6, 6.07) is 4.98. The molecule has 1 rings (SSSR count). The Hall–Kier alpha value is -1.07. The van der Waals surface area contributed by atoms with Crippen molar-refractivity contribution in [2.24, 2.45) is 0 Å². The number of hydrogen-bond donors (Lipinski definition) is 2. The van der Waals surface area contributed by atoms with Crippen molar-refractivity contribution >= 4 is 25.3 Å². The van der Waals surface area contributed by atoms with Crippen molar-refractivity contribution in [3.05, 3.63) is 29.3 Å². The van der Waals surface area contributed by atoms with Gasteiger partial charge in [-0.1, -0.05) is 11.6 Å². The molecule has 6 nitrogen and oxygen atoms in total. The molecule has 0 bridgehead atoms. The van der Waals surface area contributed by atoms with Crippen molar-refractivity contribution in [2.45, 2.75) is 19.9 Å². The van der Waals surface area contributed by atoms with Gasteiger partial charge in [0, 0.05) is 5.02 Å². The summed E-state index contributed by atoms with van der Waals surface area (Å²) in [4.78, 5) is 20.9. The van der Waals surface area contributed by atoms with Gasteiger partial charge in [-0.05, 0) is 38.1 Å². The van der Waals surface area contributed by atoms with E-state index in [0.29, 0.717) is 5.02 Å². The molecular weight excluding hydrogens is 293 g/mol. The fraction of sp³-hybridized carbons (Fsp3) is 0.364. The average Bonchev–Trinajstić information content (AvgIpc) is 2.31. The molecule has 1 aromatic carbocycles. The second kappa shape index (κ2) is 6.91. The number of benzene rings is 1. The van der Waals surface area contributed by atoms with E-state index in [1.807, 2.05) is 0 Å². The van der Waals surface area contributed by atoms with E-state index in [9.17, 15) is 14.3 Å². The summed E-state index contributed by atoms with van der Waals surface area (Å²) in [7, 11) is -4.16. The molecule has 2 unspecified atom stereocenters. The van der Waals surface area contributed by atoms with Crippen LogP contribution in [0.15, 0.2) is 24.3 Å². The Kier molecular flexibility index (Phi) is 5.82. The van der Waals surface area contributed by atoms with Gasteiger partial charge in [0.05, 0.1) is 6.61 Å². The lowest BCUT2D eigenvalue weighted by Crippen LogP contribution is -2.34. The molecule has 0 saturated carbocycles. The number of hydrogen-bond acceptors (Lipinski definition) is 4. The number of rotatable bonds is 6. The summed E-state index contributed by atoms with van der Waals surface area (Å²) in [5.41, 5.74) is 0. The summed E-state index contributed by atoms with van der Waals surface area (Å²) in [5, 5.41) is 2.66. The minimum absolute atomic E-state index is 0.166. The van der Waals surface area contributed by atoms with Crippen molar-refractivity contribution in [3.63, 3.8) is 0 Å². The number of halogens is 1. The first-order valence-corrected chi connectivity index (χ1v) is 7.52. The Morgan fingerprint density at radius 1 is 1.47 bits per heavy atom. The van der Waals surface area contributed by atoms with Crippen molar-refractivity contribution in [1.29, 1.82) is 0 Å². The summed E-state index contributed by atoms with van der Waals surface area (Å²) in [5.74, 6) is -0.463. The molecule has 19 heavy (non-hydrogen) atoms. The first kappa shape index (κ1) is 16.0. The zero-order valence-corrected chi connectivity index (χ0v) is 12.1. The SMILES string of the molecule is CCOC(=O)C(C)NP(=O)(O)Oc1ccc(Cl)cc1. The van der Waals surface area contributed by atoms with Crippen LogP contribution in [-0.4, -0.2) is 23.5 Å². The third kappa shape index (κ3) is 5.61. The predicted octanol–water partition coefficient (Wildman–Crippen LogP) is 2.36. The largest absolute Gasteiger partial charge is 0.465 e. The Morgan fingerprint density at radius 2 is 2.05 bits per heavy atom. The second-order valence-corrected chi connectivity index (χ2v) is 5.59. The van der Waals surface area contributed by atoms with Gasteiger partial charge in [-0.2, -0.15) is 5.09 Å². The van der Waals surface area contributed by atoms with Crippen LogP contribution in [0.5, 0.6) is 5.75 Å². The van der Waals surface area contributed by atoms with E-state index < -0.39 is 19.8 Å². The van der Waals surface area contributed by atoms with E-state index >= 15 is 0 Å². The maximum absolute atomic E-state index is 11.8. The molecule has 0 saturated heterocycles. The van der Waals surface area contributed by atoms with Gasteiger partial charge in [0.2, 0.25) is 0 Å². The van der Waals surface area contributed by atoms with E-state index in [1.54, 1.807) is 6.92 Å². The monoisotopic (exact) mass is 307 g/mol. The van der Waals surface area contributed by atoms with Crippen LogP contribution in [0.25, 0.3) is 0 Å². The second-order valence-electron chi connectivity index (χ2n) is 3.67. The van der Waals surface area contributed by atoms with Gasteiger partial charge in [0.15, 0.2) is 0 Å². The third-order valence-electron chi connectivity index (χ3n) is 2.04. The molecule has 0 fully saturated rings. The van der Waals surface area contributed by atoms with E-state index in [4.69, 9.17) is 20.9 Å². The predicted molar refractivity (Wildman–Crippen MR) is 71.1 cm³/mol. The fourth-order valence-corrected chi connectivity index (χ4v) is 2.41. The molecule has 2 N–H and O–H groups in total. The van der Waals surface area contributed by atoms with Gasteiger partial charge in [-0.3, -0.25) is 4.79 Å². The number of nitrogens with one attached hydrogen (secondary N) is 1. The smallest absolute Gasteiger partial charge is 0.456 e. The van der Waals surface area contributed by atoms with Gasteiger partial charge >= 0.3 is 13.7 Å². The van der Waals surface area contributed by atoms with Crippen LogP contribution in [0.2, 0.25) is 5.02 Å².